The van der Waals surface area contributed by atoms with Crippen LogP contribution in [0.1, 0.15) is 0 Å². The maximum atomic E-state index is 9.67. The Morgan fingerprint density at radius 3 is 0.800 bits per heavy atom. The van der Waals surface area contributed by atoms with Crippen molar-refractivity contribution in [2.45, 2.75) is 18.3 Å². The van der Waals surface area contributed by atoms with E-state index in [1.807, 2.05) is 218 Å². The van der Waals surface area contributed by atoms with Gasteiger partial charge in [0.2, 0.25) is 23.6 Å². The SMILES string of the molecule is ClCC1CO1.Oc1cccc(Oc2ccc(-c3nc4cc(-c5ccc6oc(-c7ccc(Oc8cccc(O)c8)cc7)nc6c5)ccc4o3)cc2)c1.c1cc(OCC2CO2)cc(Oc2ccc(-c3nc4cc(-c5ccc6oc(-c7ccc(Oc8cccc(OCC9CO9)c8)cc7)nc6c5)ccc4o3)cc2)c1. The summed E-state index contributed by atoms with van der Waals surface area (Å²) in [6.07, 6.45) is 0.790. The second kappa shape index (κ2) is 29.2. The molecule has 3 unspecified atom stereocenters. The van der Waals surface area contributed by atoms with Crippen LogP contribution in [0.5, 0.6) is 69.0 Å². The summed E-state index contributed by atoms with van der Waals surface area (Å²) < 4.78 is 74.9. The molecule has 12 aromatic carbocycles. The summed E-state index contributed by atoms with van der Waals surface area (Å²) in [5.74, 6) is 9.65. The molecule has 3 aliphatic heterocycles. The average molecular weight is 1410 g/mol. The molecule has 19 rings (SSSR count). The molecule has 0 amide bonds. The third kappa shape index (κ3) is 16.1. The second-order valence-electron chi connectivity index (χ2n) is 24.9. The Morgan fingerprint density at radius 2 is 0.543 bits per heavy atom. The van der Waals surface area contributed by atoms with E-state index < -0.39 is 0 Å². The molecule has 0 saturated carbocycles. The van der Waals surface area contributed by atoms with E-state index in [2.05, 4.69) is 0 Å². The first kappa shape index (κ1) is 65.4. The number of hydrogen-bond donors (Lipinski definition) is 2. The monoisotopic (exact) mass is 1410 g/mol. The zero-order chi connectivity index (χ0) is 70.6. The van der Waals surface area contributed by atoms with Gasteiger partial charge in [-0.1, -0.05) is 48.5 Å². The third-order valence-corrected chi connectivity index (χ3v) is 17.4. The van der Waals surface area contributed by atoms with Crippen molar-refractivity contribution in [3.63, 3.8) is 0 Å². The van der Waals surface area contributed by atoms with Gasteiger partial charge in [0.15, 0.2) is 22.3 Å². The highest BCUT2D eigenvalue weighted by molar-refractivity contribution is 6.18. The molecule has 3 aliphatic rings. The van der Waals surface area contributed by atoms with Crippen molar-refractivity contribution in [3.05, 3.63) is 267 Å². The topological polar surface area (TPSA) is 238 Å². The fourth-order valence-corrected chi connectivity index (χ4v) is 11.5. The molecule has 518 valence electrons. The minimum atomic E-state index is 0.145. The maximum Gasteiger partial charge on any atom is 0.227 e. The van der Waals surface area contributed by atoms with E-state index >= 15 is 0 Å². The highest BCUT2D eigenvalue weighted by Crippen LogP contribution is 2.38. The van der Waals surface area contributed by atoms with Crippen LogP contribution in [-0.2, 0) is 14.2 Å². The van der Waals surface area contributed by atoms with Gasteiger partial charge in [-0.2, -0.15) is 0 Å². The molecule has 19 nitrogen and oxygen atoms in total. The molecular formula is C85H61ClN4O15. The van der Waals surface area contributed by atoms with Gasteiger partial charge in [0.1, 0.15) is 116 Å². The molecule has 0 aliphatic carbocycles. The average Bonchev–Trinajstić information content (AvgIpc) is 1.67. The van der Waals surface area contributed by atoms with Crippen molar-refractivity contribution in [3.8, 4) is 137 Å². The van der Waals surface area contributed by atoms with Crippen molar-refractivity contribution in [2.24, 2.45) is 0 Å². The van der Waals surface area contributed by atoms with Gasteiger partial charge in [0.25, 0.3) is 0 Å². The fraction of sp³-hybridized carbons (Fsp3) is 0.106. The summed E-state index contributed by atoms with van der Waals surface area (Å²) in [7, 11) is 0. The molecule has 0 radical (unpaired) electrons. The number of hydrogen-bond acceptors (Lipinski definition) is 19. The van der Waals surface area contributed by atoms with Gasteiger partial charge in [-0.3, -0.25) is 0 Å². The van der Waals surface area contributed by atoms with Crippen LogP contribution in [0.25, 0.3) is 112 Å². The molecule has 7 heterocycles. The summed E-state index contributed by atoms with van der Waals surface area (Å²) in [4.78, 5) is 19.1. The van der Waals surface area contributed by atoms with Crippen LogP contribution in [-0.4, -0.2) is 87.4 Å². The number of nitrogens with zero attached hydrogens (tertiary/aromatic N) is 4. The summed E-state index contributed by atoms with van der Waals surface area (Å²) in [5, 5.41) is 19.3. The Bertz CT molecular complexity index is 5400. The minimum Gasteiger partial charge on any atom is -0.508 e. The lowest BCUT2D eigenvalue weighted by atomic mass is 10.0. The number of epoxide rings is 3. The van der Waals surface area contributed by atoms with Crippen molar-refractivity contribution in [1.29, 1.82) is 0 Å². The number of oxazole rings is 4. The van der Waals surface area contributed by atoms with Gasteiger partial charge in [0, 0.05) is 46.5 Å². The van der Waals surface area contributed by atoms with Gasteiger partial charge in [-0.25, -0.2) is 19.9 Å². The smallest absolute Gasteiger partial charge is 0.227 e. The molecule has 0 spiro atoms. The lowest BCUT2D eigenvalue weighted by Crippen LogP contribution is -2.03. The number of rotatable bonds is 21. The van der Waals surface area contributed by atoms with E-state index in [0.717, 1.165) is 97.9 Å². The Morgan fingerprint density at radius 1 is 0.286 bits per heavy atom. The quantitative estimate of drug-likeness (QED) is 0.0502. The van der Waals surface area contributed by atoms with Crippen LogP contribution in [0.3, 0.4) is 0 Å². The van der Waals surface area contributed by atoms with Crippen molar-refractivity contribution >= 4 is 56.0 Å². The van der Waals surface area contributed by atoms with Gasteiger partial charge < -0.3 is 70.5 Å². The first-order valence-electron chi connectivity index (χ1n) is 33.8. The first-order chi connectivity index (χ1) is 51.6. The van der Waals surface area contributed by atoms with Gasteiger partial charge >= 0.3 is 0 Å². The normalized spacial score (nSPS) is 14.8. The van der Waals surface area contributed by atoms with E-state index in [1.165, 1.54) is 0 Å². The largest absolute Gasteiger partial charge is 0.508 e. The number of benzene rings is 12. The summed E-state index contributed by atoms with van der Waals surface area (Å²) in [6.45, 7) is 3.47. The Kier molecular flexibility index (Phi) is 18.2. The van der Waals surface area contributed by atoms with Crippen LogP contribution in [0.2, 0.25) is 0 Å². The highest BCUT2D eigenvalue weighted by Gasteiger charge is 2.25. The van der Waals surface area contributed by atoms with Crippen LogP contribution in [0, 0.1) is 0 Å². The highest BCUT2D eigenvalue weighted by atomic mass is 35.5. The number of halogens is 1. The number of aromatic hydroxyl groups is 2. The van der Waals surface area contributed by atoms with Gasteiger partial charge in [-0.05, 0) is 216 Å². The number of ether oxygens (including phenoxy) is 9. The molecule has 3 saturated heterocycles. The third-order valence-electron chi connectivity index (χ3n) is 17.1. The van der Waals surface area contributed by atoms with Crippen molar-refractivity contribution < 1.29 is 70.5 Å². The van der Waals surface area contributed by atoms with E-state index in [1.54, 1.807) is 48.5 Å². The van der Waals surface area contributed by atoms with Crippen LogP contribution >= 0.6 is 11.6 Å². The molecule has 105 heavy (non-hydrogen) atoms. The van der Waals surface area contributed by atoms with E-state index in [-0.39, 0.29) is 23.7 Å². The summed E-state index contributed by atoms with van der Waals surface area (Å²) in [5.41, 5.74) is 13.0. The predicted octanol–water partition coefficient (Wildman–Crippen LogP) is 20.7. The molecule has 3 atom stereocenters. The fourth-order valence-electron chi connectivity index (χ4n) is 11.3. The first-order valence-corrected chi connectivity index (χ1v) is 34.3. The van der Waals surface area contributed by atoms with Crippen LogP contribution < -0.4 is 28.4 Å². The lowest BCUT2D eigenvalue weighted by Gasteiger charge is -2.09. The van der Waals surface area contributed by atoms with Gasteiger partial charge in [-0.15, -0.1) is 11.6 Å². The number of phenolic OH excluding ortho intramolecular Hbond substituents is 2. The number of phenols is 2. The predicted molar refractivity (Wildman–Crippen MR) is 396 cm³/mol. The summed E-state index contributed by atoms with van der Waals surface area (Å²) in [6, 6.07) is 82.4. The molecule has 2 N–H and O–H groups in total. The second-order valence-corrected chi connectivity index (χ2v) is 25.2. The lowest BCUT2D eigenvalue weighted by molar-refractivity contribution is 0.262. The molecule has 20 heteroatoms. The zero-order valence-electron chi connectivity index (χ0n) is 55.7. The summed E-state index contributed by atoms with van der Waals surface area (Å²) >= 11 is 5.27. The Labute approximate surface area is 604 Å². The van der Waals surface area contributed by atoms with E-state index in [0.29, 0.717) is 117 Å². The van der Waals surface area contributed by atoms with Crippen molar-refractivity contribution in [1.82, 2.24) is 19.9 Å². The molecule has 0 bridgehead atoms. The standard InChI is InChI=1S/C44H32N2O8.C38H24N2O6.C3H5ClO/c1-3-33(47-23-37-25-49-37)21-35(5-1)51-31-13-7-27(8-14-31)43-45-39-19-29(11-17-41(39)53-43)30-12-18-42-40(20-30)46-44(54-42)28-9-15-32(16-10-28)52-36-6-2-4-34(22-36)48-24-38-26-50-38;41-27-3-1-5-31(21-27)43-29-13-7-23(8-14-29)37-39-33-19-25(11-17-35(33)45-37)26-12-18-36-34(20-26)40-38(46-36)24-9-15-30(16-10-24)44-32-6-2-4-28(42)22-32;4-1-3-2-5-3/h1-22,37-38H,23-26H2;1-22,41-42H;3H,1-2H2. The molecular weight excluding hydrogens is 1350 g/mol. The maximum absolute atomic E-state index is 9.67. The Balaban J connectivity index is 0.000000147. The number of aromatic nitrogens is 4. The molecule has 4 aromatic heterocycles. The van der Waals surface area contributed by atoms with E-state index in [4.69, 9.17) is 91.8 Å². The number of fused-ring (bicyclic) bond motifs is 4. The van der Waals surface area contributed by atoms with Crippen LogP contribution in [0.15, 0.2) is 285 Å². The minimum absolute atomic E-state index is 0.145. The molecule has 3 fully saturated rings. The number of alkyl halides is 1. The molecule has 16 aromatic rings. The zero-order valence-corrected chi connectivity index (χ0v) is 56.5. The Hall–Kier alpha value is -12.9. The van der Waals surface area contributed by atoms with Crippen LogP contribution in [0.4, 0.5) is 0 Å². The van der Waals surface area contributed by atoms with Crippen molar-refractivity contribution in [2.75, 3.05) is 38.9 Å². The van der Waals surface area contributed by atoms with E-state index in [9.17, 15) is 10.2 Å². The van der Waals surface area contributed by atoms with Gasteiger partial charge in [0.05, 0.1) is 31.8 Å².